The van der Waals surface area contributed by atoms with Gasteiger partial charge < -0.3 is 15.4 Å². The van der Waals surface area contributed by atoms with Crippen molar-refractivity contribution in [2.24, 2.45) is 10.4 Å². The molecule has 1 aliphatic carbocycles. The zero-order valence-corrected chi connectivity index (χ0v) is 15.1. The molecule has 1 fully saturated rings. The van der Waals surface area contributed by atoms with E-state index in [1.54, 1.807) is 7.11 Å². The molecule has 2 N–H and O–H groups in total. The molecular formula is C17H26BrN3O. The van der Waals surface area contributed by atoms with Crippen molar-refractivity contribution in [3.8, 4) is 0 Å². The molecule has 5 heteroatoms. The number of ether oxygens (including phenoxy) is 1. The number of nitrogens with one attached hydrogen (secondary N) is 2. The summed E-state index contributed by atoms with van der Waals surface area (Å²) in [7, 11) is 3.60. The molecule has 0 bridgehead atoms. The summed E-state index contributed by atoms with van der Waals surface area (Å²) in [6.07, 6.45) is 5.02. The molecule has 1 aliphatic rings. The number of aliphatic imine (C=N–C) groups is 1. The summed E-state index contributed by atoms with van der Waals surface area (Å²) < 4.78 is 6.34. The SMILES string of the molecule is CN=C(NCc1ccc(Br)cc1)NCC1(CCOC)CCC1. The summed E-state index contributed by atoms with van der Waals surface area (Å²) in [5.41, 5.74) is 1.63. The zero-order chi connectivity index (χ0) is 15.8. The molecule has 22 heavy (non-hydrogen) atoms. The minimum Gasteiger partial charge on any atom is -0.385 e. The molecular weight excluding hydrogens is 342 g/mol. The maximum atomic E-state index is 5.24. The van der Waals surface area contributed by atoms with E-state index in [1.165, 1.54) is 24.8 Å². The molecule has 1 aromatic rings. The zero-order valence-electron chi connectivity index (χ0n) is 13.5. The van der Waals surface area contributed by atoms with Gasteiger partial charge in [-0.25, -0.2) is 0 Å². The highest BCUT2D eigenvalue weighted by molar-refractivity contribution is 9.10. The summed E-state index contributed by atoms with van der Waals surface area (Å²) in [6.45, 7) is 2.58. The fourth-order valence-corrected chi connectivity index (χ4v) is 3.05. The van der Waals surface area contributed by atoms with E-state index in [4.69, 9.17) is 4.74 Å². The van der Waals surface area contributed by atoms with E-state index in [2.05, 4.69) is 55.8 Å². The summed E-state index contributed by atoms with van der Waals surface area (Å²) in [4.78, 5) is 4.32. The fourth-order valence-electron chi connectivity index (χ4n) is 2.79. The normalized spacial score (nSPS) is 17.0. The van der Waals surface area contributed by atoms with Crippen molar-refractivity contribution in [3.05, 3.63) is 34.3 Å². The standard InChI is InChI=1S/C17H26BrN3O/c1-19-16(20-12-14-4-6-15(18)7-5-14)21-13-17(8-3-9-17)10-11-22-2/h4-7H,3,8-13H2,1-2H3,(H2,19,20,21). The molecule has 122 valence electrons. The van der Waals surface area contributed by atoms with Crippen LogP contribution in [0.1, 0.15) is 31.2 Å². The first-order chi connectivity index (χ1) is 10.7. The number of benzene rings is 1. The molecule has 0 spiro atoms. The predicted octanol–water partition coefficient (Wildman–Crippen LogP) is 3.32. The number of rotatable bonds is 7. The fraction of sp³-hybridized carbons (Fsp3) is 0.588. The van der Waals surface area contributed by atoms with Crippen molar-refractivity contribution in [1.29, 1.82) is 0 Å². The van der Waals surface area contributed by atoms with Gasteiger partial charge in [-0.05, 0) is 42.4 Å². The first-order valence-corrected chi connectivity index (χ1v) is 8.65. The second-order valence-corrected chi connectivity index (χ2v) is 6.92. The Morgan fingerprint density at radius 3 is 2.55 bits per heavy atom. The molecule has 1 saturated carbocycles. The molecule has 0 saturated heterocycles. The molecule has 0 atom stereocenters. The van der Waals surface area contributed by atoms with Crippen molar-refractivity contribution in [1.82, 2.24) is 10.6 Å². The maximum absolute atomic E-state index is 5.24. The van der Waals surface area contributed by atoms with Gasteiger partial charge in [0.2, 0.25) is 0 Å². The molecule has 0 radical (unpaired) electrons. The largest absolute Gasteiger partial charge is 0.385 e. The Balaban J connectivity index is 1.78. The Morgan fingerprint density at radius 1 is 1.27 bits per heavy atom. The maximum Gasteiger partial charge on any atom is 0.191 e. The molecule has 0 aromatic heterocycles. The van der Waals surface area contributed by atoms with Crippen LogP contribution in [0.2, 0.25) is 0 Å². The summed E-state index contributed by atoms with van der Waals surface area (Å²) >= 11 is 3.45. The smallest absolute Gasteiger partial charge is 0.191 e. The van der Waals surface area contributed by atoms with Gasteiger partial charge in [0.05, 0.1) is 0 Å². The number of nitrogens with zero attached hydrogens (tertiary/aromatic N) is 1. The third kappa shape index (κ3) is 4.99. The number of halogens is 1. The van der Waals surface area contributed by atoms with E-state index in [1.807, 2.05) is 7.05 Å². The van der Waals surface area contributed by atoms with Gasteiger partial charge in [0, 0.05) is 38.3 Å². The monoisotopic (exact) mass is 367 g/mol. The average molecular weight is 368 g/mol. The van der Waals surface area contributed by atoms with Crippen molar-refractivity contribution in [3.63, 3.8) is 0 Å². The lowest BCUT2D eigenvalue weighted by Crippen LogP contribution is -2.46. The highest BCUT2D eigenvalue weighted by Crippen LogP contribution is 2.43. The van der Waals surface area contributed by atoms with Crippen LogP contribution in [-0.4, -0.2) is 33.3 Å². The van der Waals surface area contributed by atoms with Crippen LogP contribution in [0.3, 0.4) is 0 Å². The molecule has 1 aromatic carbocycles. The quantitative estimate of drug-likeness (QED) is 0.573. The van der Waals surface area contributed by atoms with Crippen molar-refractivity contribution >= 4 is 21.9 Å². The van der Waals surface area contributed by atoms with E-state index in [-0.39, 0.29) is 0 Å². The van der Waals surface area contributed by atoms with Crippen LogP contribution in [0.4, 0.5) is 0 Å². The Morgan fingerprint density at radius 2 is 2.00 bits per heavy atom. The summed E-state index contributed by atoms with van der Waals surface area (Å²) in [6, 6.07) is 8.33. The van der Waals surface area contributed by atoms with E-state index >= 15 is 0 Å². The van der Waals surface area contributed by atoms with Crippen LogP contribution in [0, 0.1) is 5.41 Å². The lowest BCUT2D eigenvalue weighted by atomic mass is 9.67. The lowest BCUT2D eigenvalue weighted by molar-refractivity contribution is 0.0732. The minimum atomic E-state index is 0.394. The lowest BCUT2D eigenvalue weighted by Gasteiger charge is -2.42. The van der Waals surface area contributed by atoms with E-state index in [0.29, 0.717) is 5.41 Å². The molecule has 0 heterocycles. The van der Waals surface area contributed by atoms with Gasteiger partial charge in [-0.15, -0.1) is 0 Å². The van der Waals surface area contributed by atoms with Crippen LogP contribution in [0.15, 0.2) is 33.7 Å². The Hall–Kier alpha value is -1.07. The summed E-state index contributed by atoms with van der Waals surface area (Å²) in [5.74, 6) is 0.867. The van der Waals surface area contributed by atoms with E-state index in [9.17, 15) is 0 Å². The van der Waals surface area contributed by atoms with E-state index in [0.717, 1.165) is 36.5 Å². The van der Waals surface area contributed by atoms with E-state index < -0.39 is 0 Å². The second-order valence-electron chi connectivity index (χ2n) is 6.00. The summed E-state index contributed by atoms with van der Waals surface area (Å²) in [5, 5.41) is 6.85. The Kier molecular flexibility index (Phi) is 6.70. The topological polar surface area (TPSA) is 45.7 Å². The van der Waals surface area contributed by atoms with Gasteiger partial charge in [0.25, 0.3) is 0 Å². The van der Waals surface area contributed by atoms with Gasteiger partial charge in [0.1, 0.15) is 0 Å². The van der Waals surface area contributed by atoms with Crippen molar-refractivity contribution in [2.45, 2.75) is 32.2 Å². The molecule has 0 unspecified atom stereocenters. The van der Waals surface area contributed by atoms with Crippen LogP contribution < -0.4 is 10.6 Å². The molecule has 0 amide bonds. The highest BCUT2D eigenvalue weighted by atomic mass is 79.9. The number of guanidine groups is 1. The minimum absolute atomic E-state index is 0.394. The van der Waals surface area contributed by atoms with Gasteiger partial charge in [0.15, 0.2) is 5.96 Å². The van der Waals surface area contributed by atoms with Gasteiger partial charge in [-0.3, -0.25) is 4.99 Å². The number of methoxy groups -OCH3 is 1. The average Bonchev–Trinajstić information content (AvgIpc) is 2.50. The first-order valence-electron chi connectivity index (χ1n) is 7.85. The first kappa shape index (κ1) is 17.3. The van der Waals surface area contributed by atoms with Crippen LogP contribution >= 0.6 is 15.9 Å². The van der Waals surface area contributed by atoms with Crippen LogP contribution in [0.25, 0.3) is 0 Å². The highest BCUT2D eigenvalue weighted by Gasteiger charge is 2.36. The third-order valence-electron chi connectivity index (χ3n) is 4.48. The van der Waals surface area contributed by atoms with Crippen molar-refractivity contribution < 1.29 is 4.74 Å². The number of hydrogen-bond acceptors (Lipinski definition) is 2. The molecule has 0 aliphatic heterocycles. The third-order valence-corrected chi connectivity index (χ3v) is 5.01. The van der Waals surface area contributed by atoms with Gasteiger partial charge >= 0.3 is 0 Å². The Bertz CT molecular complexity index is 483. The van der Waals surface area contributed by atoms with Crippen molar-refractivity contribution in [2.75, 3.05) is 27.3 Å². The molecule has 4 nitrogen and oxygen atoms in total. The van der Waals surface area contributed by atoms with Gasteiger partial charge in [-0.1, -0.05) is 34.5 Å². The number of hydrogen-bond donors (Lipinski definition) is 2. The Labute approximate surface area is 141 Å². The van der Waals surface area contributed by atoms with Crippen LogP contribution in [0.5, 0.6) is 0 Å². The van der Waals surface area contributed by atoms with Crippen LogP contribution in [-0.2, 0) is 11.3 Å². The predicted molar refractivity (Wildman–Crippen MR) is 95.1 cm³/mol. The second kappa shape index (κ2) is 8.53. The van der Waals surface area contributed by atoms with Gasteiger partial charge in [-0.2, -0.15) is 0 Å². The molecule has 2 rings (SSSR count).